The fourth-order valence-corrected chi connectivity index (χ4v) is 4.07. The molecule has 1 N–H and O–H groups in total. The zero-order valence-electron chi connectivity index (χ0n) is 16.2. The number of aromatic amines is 1. The SMILES string of the molecule is CN1CCN(C(=O)c2ccc3c(c2)[nH]c2ccc(-c4ccc(Cl)nc4)cc23)CC1. The summed E-state index contributed by atoms with van der Waals surface area (Å²) in [6.07, 6.45) is 1.78. The Morgan fingerprint density at radius 1 is 0.931 bits per heavy atom. The molecule has 1 aliphatic rings. The van der Waals surface area contributed by atoms with Crippen molar-refractivity contribution in [1.29, 1.82) is 0 Å². The molecule has 0 unspecified atom stereocenters. The number of benzene rings is 2. The van der Waals surface area contributed by atoms with E-state index in [4.69, 9.17) is 11.6 Å². The minimum Gasteiger partial charge on any atom is -0.354 e. The van der Waals surface area contributed by atoms with Crippen LogP contribution in [0.15, 0.2) is 54.7 Å². The first-order valence-corrected chi connectivity index (χ1v) is 10.1. The molecule has 2 aromatic heterocycles. The van der Waals surface area contributed by atoms with E-state index in [2.05, 4.69) is 40.1 Å². The van der Waals surface area contributed by atoms with E-state index in [0.29, 0.717) is 5.15 Å². The molecule has 0 aliphatic carbocycles. The van der Waals surface area contributed by atoms with Gasteiger partial charge in [-0.2, -0.15) is 0 Å². The number of rotatable bonds is 2. The van der Waals surface area contributed by atoms with Crippen LogP contribution in [0.3, 0.4) is 0 Å². The molecule has 0 spiro atoms. The van der Waals surface area contributed by atoms with Gasteiger partial charge in [-0.15, -0.1) is 0 Å². The van der Waals surface area contributed by atoms with Gasteiger partial charge in [0.15, 0.2) is 0 Å². The van der Waals surface area contributed by atoms with E-state index in [0.717, 1.165) is 64.7 Å². The lowest BCUT2D eigenvalue weighted by Gasteiger charge is -2.32. The summed E-state index contributed by atoms with van der Waals surface area (Å²) >= 11 is 5.91. The molecule has 0 bridgehead atoms. The predicted octanol–water partition coefficient (Wildman–Crippen LogP) is 4.42. The molecule has 3 heterocycles. The molecule has 1 amide bonds. The summed E-state index contributed by atoms with van der Waals surface area (Å²) in [4.78, 5) is 24.7. The maximum Gasteiger partial charge on any atom is 0.254 e. The lowest BCUT2D eigenvalue weighted by atomic mass is 10.0. The number of aromatic nitrogens is 2. The van der Waals surface area contributed by atoms with E-state index in [1.807, 2.05) is 29.2 Å². The van der Waals surface area contributed by atoms with Crippen molar-refractivity contribution in [1.82, 2.24) is 19.8 Å². The second kappa shape index (κ2) is 7.17. The first-order chi connectivity index (χ1) is 14.1. The summed E-state index contributed by atoms with van der Waals surface area (Å²) in [5.74, 6) is 0.103. The molecular weight excluding hydrogens is 384 g/mol. The van der Waals surface area contributed by atoms with E-state index in [1.54, 1.807) is 12.3 Å². The molecule has 0 atom stereocenters. The van der Waals surface area contributed by atoms with Gasteiger partial charge in [-0.05, 0) is 49.0 Å². The third kappa shape index (κ3) is 3.37. The average Bonchev–Trinajstić information content (AvgIpc) is 3.11. The van der Waals surface area contributed by atoms with E-state index in [9.17, 15) is 4.79 Å². The second-order valence-electron chi connectivity index (χ2n) is 7.61. The van der Waals surface area contributed by atoms with Crippen LogP contribution in [0.4, 0.5) is 0 Å². The van der Waals surface area contributed by atoms with Crippen LogP contribution in [0.5, 0.6) is 0 Å². The number of amides is 1. The van der Waals surface area contributed by atoms with Gasteiger partial charge in [-0.25, -0.2) is 4.98 Å². The van der Waals surface area contributed by atoms with Gasteiger partial charge in [0.25, 0.3) is 5.91 Å². The number of fused-ring (bicyclic) bond motifs is 3. The van der Waals surface area contributed by atoms with E-state index >= 15 is 0 Å². The summed E-state index contributed by atoms with van der Waals surface area (Å²) < 4.78 is 0. The van der Waals surface area contributed by atoms with Crippen LogP contribution in [0.25, 0.3) is 32.9 Å². The number of likely N-dealkylation sites (N-methyl/N-ethyl adjacent to an activating group) is 1. The van der Waals surface area contributed by atoms with Gasteiger partial charge in [-0.1, -0.05) is 23.7 Å². The Balaban J connectivity index is 1.51. The van der Waals surface area contributed by atoms with Gasteiger partial charge in [-0.3, -0.25) is 4.79 Å². The van der Waals surface area contributed by atoms with Crippen LogP contribution >= 0.6 is 11.6 Å². The molecule has 5 nitrogen and oxygen atoms in total. The second-order valence-corrected chi connectivity index (χ2v) is 8.00. The zero-order chi connectivity index (χ0) is 20.0. The summed E-state index contributed by atoms with van der Waals surface area (Å²) in [5.41, 5.74) is 4.87. The van der Waals surface area contributed by atoms with Crippen molar-refractivity contribution < 1.29 is 4.79 Å². The minimum atomic E-state index is 0.103. The molecule has 5 rings (SSSR count). The van der Waals surface area contributed by atoms with Gasteiger partial charge >= 0.3 is 0 Å². The minimum absolute atomic E-state index is 0.103. The monoisotopic (exact) mass is 404 g/mol. The van der Waals surface area contributed by atoms with Crippen LogP contribution in [-0.4, -0.2) is 58.9 Å². The van der Waals surface area contributed by atoms with Gasteiger partial charge in [0.05, 0.1) is 0 Å². The topological polar surface area (TPSA) is 52.2 Å². The molecule has 6 heteroatoms. The Hall–Kier alpha value is -2.89. The highest BCUT2D eigenvalue weighted by atomic mass is 35.5. The first kappa shape index (κ1) is 18.2. The Kier molecular flexibility index (Phi) is 4.49. The summed E-state index contributed by atoms with van der Waals surface area (Å²) in [7, 11) is 2.09. The predicted molar refractivity (Wildman–Crippen MR) is 117 cm³/mol. The van der Waals surface area contributed by atoms with Crippen LogP contribution in [-0.2, 0) is 0 Å². The molecule has 2 aromatic carbocycles. The van der Waals surface area contributed by atoms with Crippen molar-refractivity contribution in [2.24, 2.45) is 0 Å². The molecule has 4 aromatic rings. The van der Waals surface area contributed by atoms with Gasteiger partial charge in [0.2, 0.25) is 0 Å². The number of piperazine rings is 1. The number of hydrogen-bond donors (Lipinski definition) is 1. The van der Waals surface area contributed by atoms with Gasteiger partial charge in [0, 0.05) is 65.3 Å². The summed E-state index contributed by atoms with van der Waals surface area (Å²) in [6, 6.07) is 16.0. The lowest BCUT2D eigenvalue weighted by Crippen LogP contribution is -2.47. The normalized spacial score (nSPS) is 15.3. The average molecular weight is 405 g/mol. The molecule has 0 saturated carbocycles. The molecular formula is C23H21ClN4O. The summed E-state index contributed by atoms with van der Waals surface area (Å²) in [5, 5.41) is 2.73. The standard InChI is InChI=1S/C23H21ClN4O/c1-27-8-10-28(11-9-27)23(29)16-2-5-18-19-12-15(17-4-7-22(24)25-14-17)3-6-20(19)26-21(18)13-16/h2-7,12-14,26H,8-11H2,1H3. The van der Waals surface area contributed by atoms with Crippen molar-refractivity contribution in [3.63, 3.8) is 0 Å². The number of carbonyl (C=O) groups is 1. The Morgan fingerprint density at radius 3 is 2.48 bits per heavy atom. The lowest BCUT2D eigenvalue weighted by molar-refractivity contribution is 0.0664. The molecule has 146 valence electrons. The van der Waals surface area contributed by atoms with Crippen LogP contribution in [0, 0.1) is 0 Å². The third-order valence-electron chi connectivity index (χ3n) is 5.70. The van der Waals surface area contributed by atoms with Crippen molar-refractivity contribution in [2.45, 2.75) is 0 Å². The number of pyridine rings is 1. The van der Waals surface area contributed by atoms with Crippen LogP contribution < -0.4 is 0 Å². The van der Waals surface area contributed by atoms with Crippen molar-refractivity contribution in [3.8, 4) is 11.1 Å². The van der Waals surface area contributed by atoms with Gasteiger partial charge in [0.1, 0.15) is 5.15 Å². The zero-order valence-corrected chi connectivity index (χ0v) is 16.9. The highest BCUT2D eigenvalue weighted by Crippen LogP contribution is 2.31. The fourth-order valence-electron chi connectivity index (χ4n) is 3.95. The van der Waals surface area contributed by atoms with Gasteiger partial charge < -0.3 is 14.8 Å². The fraction of sp³-hybridized carbons (Fsp3) is 0.217. The number of hydrogen-bond acceptors (Lipinski definition) is 3. The molecule has 1 fully saturated rings. The molecule has 1 aliphatic heterocycles. The van der Waals surface area contributed by atoms with Crippen molar-refractivity contribution in [3.05, 3.63) is 65.4 Å². The maximum atomic E-state index is 12.9. The van der Waals surface area contributed by atoms with E-state index < -0.39 is 0 Å². The quantitative estimate of drug-likeness (QED) is 0.503. The molecule has 1 saturated heterocycles. The Labute approximate surface area is 173 Å². The molecule has 29 heavy (non-hydrogen) atoms. The maximum absolute atomic E-state index is 12.9. The highest BCUT2D eigenvalue weighted by molar-refractivity contribution is 6.29. The number of nitrogens with one attached hydrogen (secondary N) is 1. The van der Waals surface area contributed by atoms with E-state index in [-0.39, 0.29) is 5.91 Å². The summed E-state index contributed by atoms with van der Waals surface area (Å²) in [6.45, 7) is 3.39. The van der Waals surface area contributed by atoms with E-state index in [1.165, 1.54) is 0 Å². The smallest absolute Gasteiger partial charge is 0.254 e. The number of halogens is 1. The van der Waals surface area contributed by atoms with Crippen LogP contribution in [0.1, 0.15) is 10.4 Å². The number of H-pyrrole nitrogens is 1. The number of carbonyl (C=O) groups excluding carboxylic acids is 1. The van der Waals surface area contributed by atoms with Crippen molar-refractivity contribution in [2.75, 3.05) is 33.2 Å². The van der Waals surface area contributed by atoms with Crippen LogP contribution in [0.2, 0.25) is 5.15 Å². The first-order valence-electron chi connectivity index (χ1n) is 9.74. The molecule has 0 radical (unpaired) electrons. The Bertz CT molecular complexity index is 1210. The third-order valence-corrected chi connectivity index (χ3v) is 5.92. The largest absolute Gasteiger partial charge is 0.354 e. The Morgan fingerprint density at radius 2 is 1.72 bits per heavy atom. The van der Waals surface area contributed by atoms with Crippen molar-refractivity contribution >= 4 is 39.3 Å². The highest BCUT2D eigenvalue weighted by Gasteiger charge is 2.21. The number of nitrogens with zero attached hydrogens (tertiary/aromatic N) is 3.